The van der Waals surface area contributed by atoms with Gasteiger partial charge in [-0.05, 0) is 106 Å². The van der Waals surface area contributed by atoms with Crippen LogP contribution in [0.2, 0.25) is 0 Å². The van der Waals surface area contributed by atoms with Crippen LogP contribution in [0.3, 0.4) is 0 Å². The first-order valence-electron chi connectivity index (χ1n) is 11.3. The SMILES string of the molecule is CC.CC1CCC2C(CCC3C2CCC2C(C(C)O)CCCC23)C1. The van der Waals surface area contributed by atoms with Crippen molar-refractivity contribution in [1.82, 2.24) is 0 Å². The maximum atomic E-state index is 10.2. The molecule has 9 atom stereocenters. The van der Waals surface area contributed by atoms with Gasteiger partial charge in [0.1, 0.15) is 0 Å². The molecule has 1 N–H and O–H groups in total. The molecule has 4 saturated carbocycles. The van der Waals surface area contributed by atoms with Crippen molar-refractivity contribution >= 4 is 0 Å². The second-order valence-corrected chi connectivity index (χ2v) is 9.49. The number of aliphatic hydroxyl groups is 1. The van der Waals surface area contributed by atoms with E-state index in [9.17, 15) is 5.11 Å². The largest absolute Gasteiger partial charge is 0.393 e. The van der Waals surface area contributed by atoms with Crippen molar-refractivity contribution in [3.63, 3.8) is 0 Å². The molecule has 4 rings (SSSR count). The molecule has 9 unspecified atom stereocenters. The molecule has 140 valence electrons. The summed E-state index contributed by atoms with van der Waals surface area (Å²) in [6.45, 7) is 8.53. The molecule has 0 spiro atoms. The summed E-state index contributed by atoms with van der Waals surface area (Å²) in [4.78, 5) is 0. The molecule has 0 aliphatic heterocycles. The van der Waals surface area contributed by atoms with E-state index in [1.165, 1.54) is 64.2 Å². The Balaban J connectivity index is 0.000000815. The molecule has 0 aromatic heterocycles. The van der Waals surface area contributed by atoms with Crippen molar-refractivity contribution in [3.05, 3.63) is 0 Å². The van der Waals surface area contributed by atoms with Crippen LogP contribution in [0.25, 0.3) is 0 Å². The van der Waals surface area contributed by atoms with Crippen LogP contribution in [-0.2, 0) is 0 Å². The normalized spacial score (nSPS) is 48.9. The van der Waals surface area contributed by atoms with Crippen molar-refractivity contribution in [1.29, 1.82) is 0 Å². The molecule has 1 nitrogen and oxygen atoms in total. The summed E-state index contributed by atoms with van der Waals surface area (Å²) < 4.78 is 0. The molecule has 0 aromatic carbocycles. The van der Waals surface area contributed by atoms with E-state index in [-0.39, 0.29) is 6.10 Å². The third-order valence-electron chi connectivity index (χ3n) is 8.45. The molecule has 4 fully saturated rings. The van der Waals surface area contributed by atoms with Crippen molar-refractivity contribution in [2.24, 2.45) is 47.3 Å². The maximum absolute atomic E-state index is 10.2. The van der Waals surface area contributed by atoms with E-state index in [0.29, 0.717) is 5.92 Å². The summed E-state index contributed by atoms with van der Waals surface area (Å²) in [6.07, 6.45) is 14.6. The zero-order valence-electron chi connectivity index (χ0n) is 16.7. The van der Waals surface area contributed by atoms with Crippen LogP contribution in [0, 0.1) is 47.3 Å². The topological polar surface area (TPSA) is 20.2 Å². The van der Waals surface area contributed by atoms with Crippen LogP contribution in [0.1, 0.15) is 91.9 Å². The lowest BCUT2D eigenvalue weighted by molar-refractivity contribution is -0.0810. The lowest BCUT2D eigenvalue weighted by Gasteiger charge is -2.56. The second kappa shape index (κ2) is 8.11. The van der Waals surface area contributed by atoms with Crippen molar-refractivity contribution in [2.75, 3.05) is 0 Å². The molecule has 0 saturated heterocycles. The highest BCUT2D eigenvalue weighted by Crippen LogP contribution is 2.58. The lowest BCUT2D eigenvalue weighted by Crippen LogP contribution is -2.49. The summed E-state index contributed by atoms with van der Waals surface area (Å²) in [7, 11) is 0. The van der Waals surface area contributed by atoms with Gasteiger partial charge in [-0.2, -0.15) is 0 Å². The van der Waals surface area contributed by atoms with Crippen LogP contribution in [0.4, 0.5) is 0 Å². The van der Waals surface area contributed by atoms with Crippen LogP contribution >= 0.6 is 0 Å². The molecule has 0 heterocycles. The highest BCUT2D eigenvalue weighted by atomic mass is 16.3. The van der Waals surface area contributed by atoms with Crippen LogP contribution in [-0.4, -0.2) is 11.2 Å². The Labute approximate surface area is 151 Å². The smallest absolute Gasteiger partial charge is 0.0543 e. The van der Waals surface area contributed by atoms with Gasteiger partial charge in [-0.15, -0.1) is 0 Å². The van der Waals surface area contributed by atoms with Gasteiger partial charge in [0.2, 0.25) is 0 Å². The highest BCUT2D eigenvalue weighted by Gasteiger charge is 2.50. The molecule has 4 aliphatic carbocycles. The number of rotatable bonds is 1. The monoisotopic (exact) mass is 334 g/mol. The predicted octanol–water partition coefficient (Wildman–Crippen LogP) is 6.30. The molecule has 0 radical (unpaired) electrons. The summed E-state index contributed by atoms with van der Waals surface area (Å²) in [6, 6.07) is 0. The van der Waals surface area contributed by atoms with Crippen LogP contribution in [0.5, 0.6) is 0 Å². The van der Waals surface area contributed by atoms with Crippen LogP contribution in [0.15, 0.2) is 0 Å². The first kappa shape index (κ1) is 18.7. The Morgan fingerprint density at radius 2 is 1.29 bits per heavy atom. The zero-order chi connectivity index (χ0) is 17.3. The Bertz CT molecular complexity index is 389. The quantitative estimate of drug-likeness (QED) is 0.596. The molecule has 4 aliphatic rings. The molecule has 0 amide bonds. The Hall–Kier alpha value is -0.0400. The lowest BCUT2D eigenvalue weighted by atomic mass is 9.49. The first-order chi connectivity index (χ1) is 11.6. The minimum absolute atomic E-state index is 0.0729. The summed E-state index contributed by atoms with van der Waals surface area (Å²) in [5, 5.41) is 10.2. The average Bonchev–Trinajstić information content (AvgIpc) is 2.61. The number of aliphatic hydroxyl groups excluding tert-OH is 1. The van der Waals surface area contributed by atoms with E-state index in [1.54, 1.807) is 0 Å². The van der Waals surface area contributed by atoms with Gasteiger partial charge in [0.05, 0.1) is 6.10 Å². The van der Waals surface area contributed by atoms with E-state index >= 15 is 0 Å². The second-order valence-electron chi connectivity index (χ2n) is 9.49. The fourth-order valence-corrected chi connectivity index (χ4v) is 7.59. The van der Waals surface area contributed by atoms with Gasteiger partial charge < -0.3 is 5.11 Å². The van der Waals surface area contributed by atoms with E-state index in [2.05, 4.69) is 13.8 Å². The van der Waals surface area contributed by atoms with Gasteiger partial charge in [-0.3, -0.25) is 0 Å². The van der Waals surface area contributed by atoms with Gasteiger partial charge in [0, 0.05) is 0 Å². The number of hydrogen-bond acceptors (Lipinski definition) is 1. The van der Waals surface area contributed by atoms with E-state index in [1.807, 2.05) is 13.8 Å². The average molecular weight is 335 g/mol. The third-order valence-corrected chi connectivity index (χ3v) is 8.45. The molecular weight excluding hydrogens is 292 g/mol. The summed E-state index contributed by atoms with van der Waals surface area (Å²) in [5.41, 5.74) is 0. The van der Waals surface area contributed by atoms with Gasteiger partial charge in [0.15, 0.2) is 0 Å². The maximum Gasteiger partial charge on any atom is 0.0543 e. The molecule has 0 bridgehead atoms. The van der Waals surface area contributed by atoms with Gasteiger partial charge >= 0.3 is 0 Å². The molecule has 0 aromatic rings. The van der Waals surface area contributed by atoms with Crippen LogP contribution < -0.4 is 0 Å². The predicted molar refractivity (Wildman–Crippen MR) is 103 cm³/mol. The van der Waals surface area contributed by atoms with E-state index in [4.69, 9.17) is 0 Å². The van der Waals surface area contributed by atoms with Gasteiger partial charge in [-0.25, -0.2) is 0 Å². The molecular formula is C23H42O. The first-order valence-corrected chi connectivity index (χ1v) is 11.3. The Morgan fingerprint density at radius 1 is 0.708 bits per heavy atom. The Morgan fingerprint density at radius 3 is 2.04 bits per heavy atom. The third kappa shape index (κ3) is 3.44. The van der Waals surface area contributed by atoms with Gasteiger partial charge in [0.25, 0.3) is 0 Å². The summed E-state index contributed by atoms with van der Waals surface area (Å²) in [5.74, 6) is 7.64. The molecule has 1 heteroatoms. The highest BCUT2D eigenvalue weighted by molar-refractivity contribution is 5.00. The molecule has 24 heavy (non-hydrogen) atoms. The van der Waals surface area contributed by atoms with E-state index < -0.39 is 0 Å². The fraction of sp³-hybridized carbons (Fsp3) is 1.00. The van der Waals surface area contributed by atoms with Crippen molar-refractivity contribution in [2.45, 2.75) is 98.0 Å². The Kier molecular flexibility index (Phi) is 6.33. The minimum Gasteiger partial charge on any atom is -0.393 e. The fourth-order valence-electron chi connectivity index (χ4n) is 7.59. The van der Waals surface area contributed by atoms with E-state index in [0.717, 1.165) is 41.4 Å². The summed E-state index contributed by atoms with van der Waals surface area (Å²) >= 11 is 0. The zero-order valence-corrected chi connectivity index (χ0v) is 16.7. The van der Waals surface area contributed by atoms with Gasteiger partial charge in [-0.1, -0.05) is 33.6 Å². The number of fused-ring (bicyclic) bond motifs is 5. The van der Waals surface area contributed by atoms with Crippen molar-refractivity contribution in [3.8, 4) is 0 Å². The van der Waals surface area contributed by atoms with Crippen molar-refractivity contribution < 1.29 is 5.11 Å². The minimum atomic E-state index is -0.0729. The number of hydrogen-bond donors (Lipinski definition) is 1. The standard InChI is InChI=1S/C21H36O.C2H6/c1-13-6-8-17-15(12-13)7-9-21-18-5-3-4-16(14(2)22)19(18)10-11-20(17)21;1-2/h13-22H,3-12H2,1-2H3;1-2H3.